The summed E-state index contributed by atoms with van der Waals surface area (Å²) in [5.74, 6) is -0.261. The van der Waals surface area contributed by atoms with E-state index < -0.39 is 0 Å². The Morgan fingerprint density at radius 1 is 1.75 bits per heavy atom. The Morgan fingerprint density at radius 3 is 2.75 bits per heavy atom. The second kappa shape index (κ2) is 4.37. The molecule has 1 radical (unpaired) electrons. The van der Waals surface area contributed by atoms with Crippen molar-refractivity contribution in [1.29, 1.82) is 0 Å². The van der Waals surface area contributed by atoms with Crippen molar-refractivity contribution in [3.05, 3.63) is 19.1 Å². The number of hydrogen-bond donors (Lipinski definition) is 1. The van der Waals surface area contributed by atoms with Crippen LogP contribution < -0.4 is 5.73 Å². The van der Waals surface area contributed by atoms with Crippen molar-refractivity contribution in [3.63, 3.8) is 0 Å². The molecule has 0 aromatic heterocycles. The molecule has 2 N–H and O–H groups in total. The van der Waals surface area contributed by atoms with Gasteiger partial charge in [-0.05, 0) is 13.3 Å². The normalized spacial score (nSPS) is 10.1. The van der Waals surface area contributed by atoms with Crippen LogP contribution in [-0.4, -0.2) is 5.91 Å². The van der Waals surface area contributed by atoms with Gasteiger partial charge in [0.15, 0.2) is 0 Å². The highest BCUT2D eigenvalue weighted by molar-refractivity contribution is 5.73. The maximum atomic E-state index is 10.0. The van der Waals surface area contributed by atoms with Crippen molar-refractivity contribution < 1.29 is 4.79 Å². The Labute approximate surface area is 49.4 Å². The van der Waals surface area contributed by atoms with Gasteiger partial charge in [0.05, 0.1) is 0 Å². The summed E-state index contributed by atoms with van der Waals surface area (Å²) in [5, 5.41) is 0. The van der Waals surface area contributed by atoms with Crippen LogP contribution in [0.15, 0.2) is 12.2 Å². The Bertz CT molecular complexity index is 96.7. The third kappa shape index (κ3) is 5.21. The van der Waals surface area contributed by atoms with E-state index in [4.69, 9.17) is 5.73 Å². The van der Waals surface area contributed by atoms with Gasteiger partial charge in [0.1, 0.15) is 0 Å². The predicted octanol–water partition coefficient (Wildman–Crippen LogP) is 0.642. The van der Waals surface area contributed by atoms with Crippen LogP contribution in [-0.2, 0) is 4.79 Å². The van der Waals surface area contributed by atoms with Crippen LogP contribution in [0.5, 0.6) is 0 Å². The third-order valence-corrected chi connectivity index (χ3v) is 0.724. The van der Waals surface area contributed by atoms with Gasteiger partial charge in [-0.2, -0.15) is 0 Å². The average molecular weight is 112 g/mol. The lowest BCUT2D eigenvalue weighted by atomic mass is 10.3. The first kappa shape index (κ1) is 7.21. The van der Waals surface area contributed by atoms with E-state index in [0.29, 0.717) is 12.8 Å². The Balaban J connectivity index is 3.05. The smallest absolute Gasteiger partial charge is 0.217 e. The maximum Gasteiger partial charge on any atom is 0.217 e. The van der Waals surface area contributed by atoms with Gasteiger partial charge in [-0.25, -0.2) is 0 Å². The fourth-order valence-corrected chi connectivity index (χ4v) is 0.343. The van der Waals surface area contributed by atoms with Crippen LogP contribution in [0.2, 0.25) is 0 Å². The summed E-state index contributed by atoms with van der Waals surface area (Å²) < 4.78 is 0. The number of amides is 1. The Hall–Kier alpha value is -0.790. The lowest BCUT2D eigenvalue weighted by Gasteiger charge is -1.84. The molecule has 0 aliphatic carbocycles. The lowest BCUT2D eigenvalue weighted by molar-refractivity contribution is -0.117. The zero-order chi connectivity index (χ0) is 6.41. The minimum Gasteiger partial charge on any atom is -0.370 e. The highest BCUT2D eigenvalue weighted by atomic mass is 16.1. The first-order valence-electron chi connectivity index (χ1n) is 2.50. The number of primary amides is 1. The molecule has 8 heavy (non-hydrogen) atoms. The minimum absolute atomic E-state index is 0.261. The molecule has 0 aliphatic heterocycles. The standard InChI is InChI=1S/C6H10NO/c1-2-3-4-5-6(7)8/h2-3H,1,4-5H2,(H2,7,8)/b3-2+. The molecule has 0 saturated heterocycles. The predicted molar refractivity (Wildman–Crippen MR) is 32.9 cm³/mol. The lowest BCUT2D eigenvalue weighted by Crippen LogP contribution is -2.08. The number of carbonyl (C=O) groups is 1. The fourth-order valence-electron chi connectivity index (χ4n) is 0.343. The van der Waals surface area contributed by atoms with E-state index in [1.165, 1.54) is 0 Å². The summed E-state index contributed by atoms with van der Waals surface area (Å²) in [6.07, 6.45) is 4.60. The first-order valence-corrected chi connectivity index (χ1v) is 2.50. The van der Waals surface area contributed by atoms with Gasteiger partial charge in [-0.1, -0.05) is 12.2 Å². The van der Waals surface area contributed by atoms with Crippen molar-refractivity contribution >= 4 is 5.91 Å². The molecule has 0 unspecified atom stereocenters. The molecule has 45 valence electrons. The molecule has 2 heteroatoms. The highest BCUT2D eigenvalue weighted by Crippen LogP contribution is 1.87. The minimum atomic E-state index is -0.261. The second-order valence-corrected chi connectivity index (χ2v) is 1.48. The van der Waals surface area contributed by atoms with Crippen molar-refractivity contribution in [2.75, 3.05) is 0 Å². The largest absolute Gasteiger partial charge is 0.370 e. The van der Waals surface area contributed by atoms with Crippen LogP contribution in [0, 0.1) is 6.92 Å². The fraction of sp³-hybridized carbons (Fsp3) is 0.333. The van der Waals surface area contributed by atoms with Crippen LogP contribution in [0.3, 0.4) is 0 Å². The van der Waals surface area contributed by atoms with Crippen LogP contribution >= 0.6 is 0 Å². The third-order valence-electron chi connectivity index (χ3n) is 0.724. The number of nitrogens with two attached hydrogens (primary N) is 1. The molecule has 0 aliphatic rings. The van der Waals surface area contributed by atoms with E-state index in [-0.39, 0.29) is 5.91 Å². The van der Waals surface area contributed by atoms with Gasteiger partial charge in [0.25, 0.3) is 0 Å². The Morgan fingerprint density at radius 2 is 2.38 bits per heavy atom. The second-order valence-electron chi connectivity index (χ2n) is 1.48. The van der Waals surface area contributed by atoms with Crippen LogP contribution in [0.1, 0.15) is 12.8 Å². The summed E-state index contributed by atoms with van der Waals surface area (Å²) in [4.78, 5) is 10.0. The van der Waals surface area contributed by atoms with E-state index in [9.17, 15) is 4.79 Å². The van der Waals surface area contributed by atoms with E-state index in [0.717, 1.165) is 0 Å². The van der Waals surface area contributed by atoms with Gasteiger partial charge in [-0.15, -0.1) is 0 Å². The van der Waals surface area contributed by atoms with Crippen molar-refractivity contribution in [3.8, 4) is 0 Å². The van der Waals surface area contributed by atoms with Crippen LogP contribution in [0.25, 0.3) is 0 Å². The van der Waals surface area contributed by atoms with Gasteiger partial charge < -0.3 is 5.73 Å². The molecule has 0 heterocycles. The first-order chi connectivity index (χ1) is 3.77. The molecular formula is C6H10NO. The molecular weight excluding hydrogens is 102 g/mol. The molecule has 0 fully saturated rings. The number of carbonyl (C=O) groups excluding carboxylic acids is 1. The molecule has 0 aromatic rings. The van der Waals surface area contributed by atoms with E-state index >= 15 is 0 Å². The average Bonchev–Trinajstić information content (AvgIpc) is 1.66. The summed E-state index contributed by atoms with van der Waals surface area (Å²) >= 11 is 0. The monoisotopic (exact) mass is 112 g/mol. The van der Waals surface area contributed by atoms with Gasteiger partial charge >= 0.3 is 0 Å². The quantitative estimate of drug-likeness (QED) is 0.572. The number of rotatable bonds is 3. The summed E-state index contributed by atoms with van der Waals surface area (Å²) in [5.41, 5.74) is 4.84. The van der Waals surface area contributed by atoms with E-state index in [1.807, 2.05) is 6.08 Å². The van der Waals surface area contributed by atoms with Crippen molar-refractivity contribution in [1.82, 2.24) is 0 Å². The highest BCUT2D eigenvalue weighted by Gasteiger charge is 1.86. The molecule has 2 nitrogen and oxygen atoms in total. The number of hydrogen-bond acceptors (Lipinski definition) is 1. The molecule has 0 bridgehead atoms. The topological polar surface area (TPSA) is 43.1 Å². The number of allylic oxidation sites excluding steroid dienone is 2. The summed E-state index contributed by atoms with van der Waals surface area (Å²) in [6.45, 7) is 3.45. The van der Waals surface area contributed by atoms with Crippen molar-refractivity contribution in [2.45, 2.75) is 12.8 Å². The van der Waals surface area contributed by atoms with Crippen LogP contribution in [0.4, 0.5) is 0 Å². The van der Waals surface area contributed by atoms with Crippen molar-refractivity contribution in [2.24, 2.45) is 5.73 Å². The molecule has 0 atom stereocenters. The summed E-state index contributed by atoms with van der Waals surface area (Å²) in [6, 6.07) is 0. The maximum absolute atomic E-state index is 10.0. The zero-order valence-corrected chi connectivity index (χ0v) is 4.76. The summed E-state index contributed by atoms with van der Waals surface area (Å²) in [7, 11) is 0. The SMILES string of the molecule is [CH2]/C=C/CCC(N)=O. The van der Waals surface area contributed by atoms with Gasteiger partial charge in [0.2, 0.25) is 5.91 Å². The van der Waals surface area contributed by atoms with Gasteiger partial charge in [-0.3, -0.25) is 4.79 Å². The molecule has 0 aromatic carbocycles. The Kier molecular flexibility index (Phi) is 3.94. The van der Waals surface area contributed by atoms with E-state index in [1.54, 1.807) is 6.08 Å². The molecule has 0 spiro atoms. The van der Waals surface area contributed by atoms with Gasteiger partial charge in [0, 0.05) is 6.42 Å². The molecule has 0 rings (SSSR count). The van der Waals surface area contributed by atoms with E-state index in [2.05, 4.69) is 6.92 Å². The molecule has 1 amide bonds. The molecule has 0 saturated carbocycles. The zero-order valence-electron chi connectivity index (χ0n) is 4.76.